The average molecular weight is 681 g/mol. The van der Waals surface area contributed by atoms with Gasteiger partial charge in [-0.3, -0.25) is 14.5 Å². The number of carbonyl (C=O) groups is 3. The number of nitrogens with one attached hydrogen (secondary N) is 3. The van der Waals surface area contributed by atoms with E-state index in [4.69, 9.17) is 15.2 Å². The first-order valence-corrected chi connectivity index (χ1v) is 16.4. The maximum Gasteiger partial charge on any atom is 0.323 e. The quantitative estimate of drug-likeness (QED) is 0.130. The Morgan fingerprint density at radius 2 is 1.68 bits per heavy atom. The van der Waals surface area contributed by atoms with Gasteiger partial charge in [0.05, 0.1) is 42.4 Å². The van der Waals surface area contributed by atoms with E-state index < -0.39 is 18.2 Å². The van der Waals surface area contributed by atoms with Gasteiger partial charge in [0.25, 0.3) is 11.8 Å². The van der Waals surface area contributed by atoms with Crippen molar-refractivity contribution in [2.75, 3.05) is 55.5 Å². The molecule has 0 spiro atoms. The zero-order valence-electron chi connectivity index (χ0n) is 28.7. The molecule has 5 rings (SSSR count). The molecule has 12 nitrogen and oxygen atoms in total. The molecule has 0 radical (unpaired) electrons. The standard InChI is InChI=1S/C38H44N6O6/c1-24-20-44(25(2)23-45)37(47)30-8-7-11-33(42-38(48)40-28-16-18-29(49-4)19-17-28)35(30)50-34(24)22-43(3)21-26-12-14-27(15-13-26)36(46)41-32-10-6-5-9-31(32)39/h5-19,24-25,34,45H,20-23,39H2,1-4H3,(H,41,46)(H2,40,42,48)/t24-,25-,34-/m0/s1. The third-order valence-electron chi connectivity index (χ3n) is 8.66. The average Bonchev–Trinajstić information content (AvgIpc) is 3.11. The fourth-order valence-corrected chi connectivity index (χ4v) is 5.77. The van der Waals surface area contributed by atoms with E-state index in [-0.39, 0.29) is 30.1 Å². The zero-order valence-corrected chi connectivity index (χ0v) is 28.7. The van der Waals surface area contributed by atoms with Crippen LogP contribution in [0.2, 0.25) is 0 Å². The minimum atomic E-state index is -0.506. The number of nitrogens with zero attached hydrogens (tertiary/aromatic N) is 2. The lowest BCUT2D eigenvalue weighted by atomic mass is 9.98. The molecule has 262 valence electrons. The van der Waals surface area contributed by atoms with Crippen molar-refractivity contribution in [1.29, 1.82) is 0 Å². The van der Waals surface area contributed by atoms with E-state index in [1.807, 2.05) is 38.2 Å². The van der Waals surface area contributed by atoms with E-state index in [9.17, 15) is 19.5 Å². The monoisotopic (exact) mass is 680 g/mol. The Labute approximate surface area is 292 Å². The molecule has 0 unspecified atom stereocenters. The van der Waals surface area contributed by atoms with Crippen LogP contribution >= 0.6 is 0 Å². The van der Waals surface area contributed by atoms with E-state index in [1.54, 1.807) is 85.7 Å². The van der Waals surface area contributed by atoms with Crippen LogP contribution < -0.4 is 31.2 Å². The van der Waals surface area contributed by atoms with Crippen molar-refractivity contribution in [3.63, 3.8) is 0 Å². The molecule has 3 atom stereocenters. The number of nitrogen functional groups attached to an aromatic ring is 1. The summed E-state index contributed by atoms with van der Waals surface area (Å²) in [5.41, 5.74) is 9.71. The summed E-state index contributed by atoms with van der Waals surface area (Å²) in [5.74, 6) is 0.237. The summed E-state index contributed by atoms with van der Waals surface area (Å²) in [6.07, 6.45) is -0.394. The van der Waals surface area contributed by atoms with Crippen molar-refractivity contribution in [2.24, 2.45) is 5.92 Å². The SMILES string of the molecule is COc1ccc(NC(=O)Nc2cccc3c2O[C@@H](CN(C)Cc2ccc(C(=O)Nc4ccccc4N)cc2)[C@@H](C)CN([C@@H](C)CO)C3=O)cc1. The van der Waals surface area contributed by atoms with Gasteiger partial charge in [0, 0.05) is 36.8 Å². The molecule has 0 saturated carbocycles. The van der Waals surface area contributed by atoms with Crippen molar-refractivity contribution in [3.05, 3.63) is 108 Å². The molecule has 6 N–H and O–H groups in total. The van der Waals surface area contributed by atoms with E-state index in [1.165, 1.54) is 0 Å². The Hall–Kier alpha value is -5.59. The van der Waals surface area contributed by atoms with E-state index in [2.05, 4.69) is 20.9 Å². The summed E-state index contributed by atoms with van der Waals surface area (Å²) in [4.78, 5) is 43.5. The highest BCUT2D eigenvalue weighted by molar-refractivity contribution is 6.06. The lowest BCUT2D eigenvalue weighted by molar-refractivity contribution is 0.0343. The number of methoxy groups -OCH3 is 1. The first-order valence-electron chi connectivity index (χ1n) is 16.4. The Morgan fingerprint density at radius 1 is 0.980 bits per heavy atom. The minimum absolute atomic E-state index is 0.138. The lowest BCUT2D eigenvalue weighted by Crippen LogP contribution is -2.49. The number of hydrogen-bond donors (Lipinski definition) is 5. The van der Waals surface area contributed by atoms with Crippen LogP contribution in [-0.2, 0) is 6.54 Å². The highest BCUT2D eigenvalue weighted by Crippen LogP contribution is 2.35. The molecule has 0 saturated heterocycles. The predicted octanol–water partition coefficient (Wildman–Crippen LogP) is 5.53. The number of amides is 4. The highest BCUT2D eigenvalue weighted by Gasteiger charge is 2.34. The fourth-order valence-electron chi connectivity index (χ4n) is 5.77. The third kappa shape index (κ3) is 8.70. The van der Waals surface area contributed by atoms with Crippen LogP contribution in [-0.4, -0.2) is 78.8 Å². The van der Waals surface area contributed by atoms with Crippen LogP contribution in [0, 0.1) is 5.92 Å². The number of hydrogen-bond acceptors (Lipinski definition) is 8. The first-order chi connectivity index (χ1) is 24.1. The highest BCUT2D eigenvalue weighted by atomic mass is 16.5. The molecule has 12 heteroatoms. The molecule has 0 fully saturated rings. The van der Waals surface area contributed by atoms with Gasteiger partial charge >= 0.3 is 6.03 Å². The predicted molar refractivity (Wildman–Crippen MR) is 195 cm³/mol. The van der Waals surface area contributed by atoms with Gasteiger partial charge in [-0.25, -0.2) is 4.79 Å². The Balaban J connectivity index is 1.32. The summed E-state index contributed by atoms with van der Waals surface area (Å²) in [6, 6.07) is 25.5. The Bertz CT molecular complexity index is 1800. The molecule has 1 aliphatic heterocycles. The number of benzene rings is 4. The fraction of sp³-hybridized carbons (Fsp3) is 0.289. The topological polar surface area (TPSA) is 158 Å². The summed E-state index contributed by atoms with van der Waals surface area (Å²) >= 11 is 0. The number of nitrogens with two attached hydrogens (primary N) is 1. The molecule has 1 heterocycles. The van der Waals surface area contributed by atoms with Crippen LogP contribution in [0.15, 0.2) is 91.0 Å². The Kier molecular flexibility index (Phi) is 11.6. The maximum atomic E-state index is 13.8. The smallest absolute Gasteiger partial charge is 0.323 e. The minimum Gasteiger partial charge on any atom is -0.497 e. The number of fused-ring (bicyclic) bond motifs is 1. The maximum absolute atomic E-state index is 13.8. The molecule has 0 aromatic heterocycles. The van der Waals surface area contributed by atoms with Crippen LogP contribution in [0.1, 0.15) is 40.1 Å². The van der Waals surface area contributed by atoms with Gasteiger partial charge in [-0.1, -0.05) is 37.3 Å². The van der Waals surface area contributed by atoms with E-state index in [0.717, 1.165) is 5.56 Å². The van der Waals surface area contributed by atoms with Gasteiger partial charge in [-0.05, 0) is 80.2 Å². The molecule has 0 aliphatic carbocycles. The molecule has 50 heavy (non-hydrogen) atoms. The summed E-state index contributed by atoms with van der Waals surface area (Å²) in [6.45, 7) is 5.02. The number of aliphatic hydroxyl groups excluding tert-OH is 1. The normalized spacial score (nSPS) is 16.4. The zero-order chi connectivity index (χ0) is 35.8. The van der Waals surface area contributed by atoms with E-state index >= 15 is 0 Å². The second-order valence-electron chi connectivity index (χ2n) is 12.5. The summed E-state index contributed by atoms with van der Waals surface area (Å²) in [5, 5.41) is 18.5. The molecule has 0 bridgehead atoms. The first kappa shape index (κ1) is 35.7. The molecular formula is C38H44N6O6. The van der Waals surface area contributed by atoms with Crippen LogP contribution in [0.4, 0.5) is 27.5 Å². The van der Waals surface area contributed by atoms with Gasteiger partial charge < -0.3 is 41.2 Å². The number of urea groups is 1. The van der Waals surface area contributed by atoms with Crippen LogP contribution in [0.5, 0.6) is 11.5 Å². The third-order valence-corrected chi connectivity index (χ3v) is 8.66. The number of aliphatic hydroxyl groups is 1. The molecule has 4 aromatic carbocycles. The molecular weight excluding hydrogens is 636 g/mol. The second kappa shape index (κ2) is 16.2. The molecule has 4 amide bonds. The number of carbonyl (C=O) groups excluding carboxylic acids is 3. The van der Waals surface area contributed by atoms with E-state index in [0.29, 0.717) is 59.3 Å². The second-order valence-corrected chi connectivity index (χ2v) is 12.5. The largest absolute Gasteiger partial charge is 0.497 e. The lowest BCUT2D eigenvalue weighted by Gasteiger charge is -2.38. The van der Waals surface area contributed by atoms with Crippen molar-refractivity contribution < 1.29 is 29.0 Å². The number of para-hydroxylation sites is 3. The molecule has 1 aliphatic rings. The van der Waals surface area contributed by atoms with Gasteiger partial charge in [0.2, 0.25) is 0 Å². The summed E-state index contributed by atoms with van der Waals surface area (Å²) < 4.78 is 11.8. The number of rotatable bonds is 11. The Morgan fingerprint density at radius 3 is 2.36 bits per heavy atom. The van der Waals surface area contributed by atoms with Crippen LogP contribution in [0.3, 0.4) is 0 Å². The van der Waals surface area contributed by atoms with Crippen molar-refractivity contribution >= 4 is 40.6 Å². The van der Waals surface area contributed by atoms with Crippen LogP contribution in [0.25, 0.3) is 0 Å². The van der Waals surface area contributed by atoms with Gasteiger partial charge in [0.15, 0.2) is 5.75 Å². The number of likely N-dealkylation sites (N-methyl/N-ethyl adjacent to an activating group) is 1. The van der Waals surface area contributed by atoms with Crippen molar-refractivity contribution in [1.82, 2.24) is 9.80 Å². The van der Waals surface area contributed by atoms with Gasteiger partial charge in [0.1, 0.15) is 11.9 Å². The number of anilines is 4. The number of ether oxygens (including phenoxy) is 2. The van der Waals surface area contributed by atoms with Gasteiger partial charge in [-0.2, -0.15) is 0 Å². The summed E-state index contributed by atoms with van der Waals surface area (Å²) in [7, 11) is 3.54. The van der Waals surface area contributed by atoms with Gasteiger partial charge in [-0.15, -0.1) is 0 Å². The van der Waals surface area contributed by atoms with Crippen molar-refractivity contribution in [3.8, 4) is 11.5 Å². The molecule has 4 aromatic rings. The van der Waals surface area contributed by atoms with Crippen molar-refractivity contribution in [2.45, 2.75) is 32.5 Å².